The standard InChI is InChI=1S/C12H22N2O2/c1-9-4-2-3-6-12(9,11(15)16)14-7-5-10(13)8-14/h9-10H,2-8,13H2,1H3,(H,15,16). The topological polar surface area (TPSA) is 66.6 Å². The van der Waals surface area contributed by atoms with Crippen molar-refractivity contribution in [1.82, 2.24) is 4.90 Å². The minimum Gasteiger partial charge on any atom is -0.480 e. The summed E-state index contributed by atoms with van der Waals surface area (Å²) in [6.45, 7) is 3.67. The number of hydrogen-bond acceptors (Lipinski definition) is 3. The molecule has 0 aromatic carbocycles. The van der Waals surface area contributed by atoms with Crippen molar-refractivity contribution in [2.45, 2.75) is 50.6 Å². The van der Waals surface area contributed by atoms with Gasteiger partial charge in [0.25, 0.3) is 0 Å². The maximum Gasteiger partial charge on any atom is 0.324 e. The van der Waals surface area contributed by atoms with Gasteiger partial charge >= 0.3 is 5.97 Å². The summed E-state index contributed by atoms with van der Waals surface area (Å²) < 4.78 is 0. The fourth-order valence-corrected chi connectivity index (χ4v) is 3.40. The van der Waals surface area contributed by atoms with Crippen LogP contribution < -0.4 is 5.73 Å². The second-order valence-corrected chi connectivity index (χ2v) is 5.37. The third kappa shape index (κ3) is 1.74. The summed E-state index contributed by atoms with van der Waals surface area (Å²) in [7, 11) is 0. The van der Waals surface area contributed by atoms with Gasteiger partial charge in [-0.3, -0.25) is 9.69 Å². The molecule has 3 atom stereocenters. The molecule has 0 bridgehead atoms. The monoisotopic (exact) mass is 226 g/mol. The van der Waals surface area contributed by atoms with Crippen molar-refractivity contribution < 1.29 is 9.90 Å². The summed E-state index contributed by atoms with van der Waals surface area (Å²) >= 11 is 0. The van der Waals surface area contributed by atoms with E-state index in [4.69, 9.17) is 5.73 Å². The first-order valence-corrected chi connectivity index (χ1v) is 6.31. The number of aliphatic carboxylic acids is 1. The van der Waals surface area contributed by atoms with Crippen molar-refractivity contribution in [1.29, 1.82) is 0 Å². The lowest BCUT2D eigenvalue weighted by molar-refractivity contribution is -0.157. The number of likely N-dealkylation sites (tertiary alicyclic amines) is 1. The van der Waals surface area contributed by atoms with Gasteiger partial charge < -0.3 is 10.8 Å². The average molecular weight is 226 g/mol. The SMILES string of the molecule is CC1CCCCC1(C(=O)O)N1CCC(N)C1. The lowest BCUT2D eigenvalue weighted by Gasteiger charge is -2.45. The van der Waals surface area contributed by atoms with E-state index in [2.05, 4.69) is 11.8 Å². The van der Waals surface area contributed by atoms with Crippen LogP contribution in [0.1, 0.15) is 39.0 Å². The van der Waals surface area contributed by atoms with Crippen LogP contribution in [0.2, 0.25) is 0 Å². The number of carboxylic acids is 1. The zero-order valence-corrected chi connectivity index (χ0v) is 9.98. The summed E-state index contributed by atoms with van der Waals surface area (Å²) in [5.41, 5.74) is 5.27. The molecule has 4 heteroatoms. The summed E-state index contributed by atoms with van der Waals surface area (Å²) in [6, 6.07) is 0.158. The second-order valence-electron chi connectivity index (χ2n) is 5.37. The Morgan fingerprint density at radius 1 is 1.44 bits per heavy atom. The van der Waals surface area contributed by atoms with Gasteiger partial charge in [-0.25, -0.2) is 0 Å². The van der Waals surface area contributed by atoms with Crippen LogP contribution in [0.15, 0.2) is 0 Å². The maximum atomic E-state index is 11.7. The van der Waals surface area contributed by atoms with Gasteiger partial charge in [0.2, 0.25) is 0 Å². The molecule has 3 unspecified atom stereocenters. The molecule has 0 spiro atoms. The zero-order chi connectivity index (χ0) is 11.8. The van der Waals surface area contributed by atoms with Crippen molar-refractivity contribution in [2.24, 2.45) is 11.7 Å². The fraction of sp³-hybridized carbons (Fsp3) is 0.917. The molecule has 2 fully saturated rings. The highest BCUT2D eigenvalue weighted by molar-refractivity contribution is 5.79. The molecule has 0 amide bonds. The third-order valence-electron chi connectivity index (χ3n) is 4.42. The van der Waals surface area contributed by atoms with Gasteiger partial charge in [-0.2, -0.15) is 0 Å². The van der Waals surface area contributed by atoms with Crippen LogP contribution in [0.4, 0.5) is 0 Å². The van der Waals surface area contributed by atoms with Crippen LogP contribution in [0.5, 0.6) is 0 Å². The molecule has 1 saturated carbocycles. The Labute approximate surface area is 96.8 Å². The molecular formula is C12H22N2O2. The number of rotatable bonds is 2. The van der Waals surface area contributed by atoms with E-state index in [0.717, 1.165) is 45.2 Å². The first-order valence-electron chi connectivity index (χ1n) is 6.31. The molecule has 0 radical (unpaired) electrons. The first-order chi connectivity index (χ1) is 7.57. The van der Waals surface area contributed by atoms with Gasteiger partial charge in [0, 0.05) is 19.1 Å². The van der Waals surface area contributed by atoms with Crippen LogP contribution in [0.3, 0.4) is 0 Å². The van der Waals surface area contributed by atoms with E-state index in [0.29, 0.717) is 0 Å². The van der Waals surface area contributed by atoms with Gasteiger partial charge in [0.15, 0.2) is 0 Å². The van der Waals surface area contributed by atoms with Gasteiger partial charge in [-0.05, 0) is 25.2 Å². The second kappa shape index (κ2) is 4.34. The largest absolute Gasteiger partial charge is 0.480 e. The van der Waals surface area contributed by atoms with Crippen LogP contribution >= 0.6 is 0 Å². The maximum absolute atomic E-state index is 11.7. The van der Waals surface area contributed by atoms with Crippen molar-refractivity contribution in [2.75, 3.05) is 13.1 Å². The zero-order valence-electron chi connectivity index (χ0n) is 9.98. The van der Waals surface area contributed by atoms with E-state index in [1.807, 2.05) is 0 Å². The van der Waals surface area contributed by atoms with Crippen LogP contribution in [0.25, 0.3) is 0 Å². The molecule has 2 aliphatic rings. The van der Waals surface area contributed by atoms with Gasteiger partial charge in [-0.15, -0.1) is 0 Å². The Bertz CT molecular complexity index is 282. The van der Waals surface area contributed by atoms with E-state index in [1.54, 1.807) is 0 Å². The molecule has 1 saturated heterocycles. The van der Waals surface area contributed by atoms with E-state index in [1.165, 1.54) is 0 Å². The Morgan fingerprint density at radius 3 is 2.69 bits per heavy atom. The molecule has 0 aromatic heterocycles. The first kappa shape index (κ1) is 11.9. The lowest BCUT2D eigenvalue weighted by atomic mass is 9.72. The van der Waals surface area contributed by atoms with E-state index in [9.17, 15) is 9.90 Å². The number of hydrogen-bond donors (Lipinski definition) is 2. The van der Waals surface area contributed by atoms with Crippen LogP contribution in [-0.4, -0.2) is 40.6 Å². The van der Waals surface area contributed by atoms with Gasteiger partial charge in [0.1, 0.15) is 5.54 Å². The molecule has 2 rings (SSSR count). The van der Waals surface area contributed by atoms with Crippen molar-refractivity contribution in [3.63, 3.8) is 0 Å². The van der Waals surface area contributed by atoms with Crippen LogP contribution in [-0.2, 0) is 4.79 Å². The Hall–Kier alpha value is -0.610. The highest BCUT2D eigenvalue weighted by atomic mass is 16.4. The minimum atomic E-state index is -0.645. The number of carboxylic acid groups (broad SMARTS) is 1. The van der Waals surface area contributed by atoms with Crippen molar-refractivity contribution >= 4 is 5.97 Å². The van der Waals surface area contributed by atoms with Gasteiger partial charge in [0.05, 0.1) is 0 Å². The fourth-order valence-electron chi connectivity index (χ4n) is 3.40. The van der Waals surface area contributed by atoms with Crippen LogP contribution in [0, 0.1) is 5.92 Å². The van der Waals surface area contributed by atoms with E-state index in [-0.39, 0.29) is 12.0 Å². The van der Waals surface area contributed by atoms with Crippen molar-refractivity contribution in [3.8, 4) is 0 Å². The third-order valence-corrected chi connectivity index (χ3v) is 4.42. The predicted molar refractivity (Wildman–Crippen MR) is 62.2 cm³/mol. The van der Waals surface area contributed by atoms with Crippen molar-refractivity contribution in [3.05, 3.63) is 0 Å². The Morgan fingerprint density at radius 2 is 2.19 bits per heavy atom. The summed E-state index contributed by atoms with van der Waals surface area (Å²) in [4.78, 5) is 13.8. The average Bonchev–Trinajstić information content (AvgIpc) is 2.65. The number of nitrogens with zero attached hydrogens (tertiary/aromatic N) is 1. The summed E-state index contributed by atoms with van der Waals surface area (Å²) in [5.74, 6) is -0.405. The number of carbonyl (C=O) groups is 1. The molecule has 1 aliphatic heterocycles. The molecule has 1 aliphatic carbocycles. The minimum absolute atomic E-state index is 0.158. The smallest absolute Gasteiger partial charge is 0.324 e. The molecule has 1 heterocycles. The lowest BCUT2D eigenvalue weighted by Crippen LogP contribution is -2.59. The normalized spacial score (nSPS) is 41.1. The molecule has 4 nitrogen and oxygen atoms in total. The highest BCUT2D eigenvalue weighted by Gasteiger charge is 2.51. The molecule has 16 heavy (non-hydrogen) atoms. The Kier molecular flexibility index (Phi) is 3.22. The summed E-state index contributed by atoms with van der Waals surface area (Å²) in [5, 5.41) is 9.62. The predicted octanol–water partition coefficient (Wildman–Crippen LogP) is 1.05. The highest BCUT2D eigenvalue weighted by Crippen LogP contribution is 2.40. The van der Waals surface area contributed by atoms with Gasteiger partial charge in [-0.1, -0.05) is 19.8 Å². The molecule has 92 valence electrons. The summed E-state index contributed by atoms with van der Waals surface area (Å²) in [6.07, 6.45) is 4.94. The molecule has 0 aromatic rings. The van der Waals surface area contributed by atoms with E-state index >= 15 is 0 Å². The number of nitrogens with two attached hydrogens (primary N) is 1. The van der Waals surface area contributed by atoms with E-state index < -0.39 is 11.5 Å². The quantitative estimate of drug-likeness (QED) is 0.738. The molecule has 3 N–H and O–H groups in total. The Balaban J connectivity index is 2.23. The molecular weight excluding hydrogens is 204 g/mol.